The Labute approximate surface area is 192 Å². The Morgan fingerprint density at radius 3 is 2.47 bits per heavy atom. The van der Waals surface area contributed by atoms with Crippen LogP contribution in [0.2, 0.25) is 0 Å². The molecular formula is C24H17N7O3. The molecule has 0 fully saturated rings. The van der Waals surface area contributed by atoms with Crippen molar-refractivity contribution in [3.63, 3.8) is 0 Å². The van der Waals surface area contributed by atoms with E-state index in [4.69, 9.17) is 0 Å². The van der Waals surface area contributed by atoms with Crippen molar-refractivity contribution in [2.24, 2.45) is 0 Å². The zero-order valence-corrected chi connectivity index (χ0v) is 17.6. The Balaban J connectivity index is 1.44. The van der Waals surface area contributed by atoms with E-state index >= 15 is 0 Å². The highest BCUT2D eigenvalue weighted by Crippen LogP contribution is 2.33. The molecule has 34 heavy (non-hydrogen) atoms. The average molecular weight is 451 g/mol. The van der Waals surface area contributed by atoms with Crippen molar-refractivity contribution in [2.45, 2.75) is 0 Å². The van der Waals surface area contributed by atoms with E-state index in [9.17, 15) is 14.9 Å². The second kappa shape index (κ2) is 8.79. The van der Waals surface area contributed by atoms with Gasteiger partial charge in [0.25, 0.3) is 5.91 Å². The predicted molar refractivity (Wildman–Crippen MR) is 129 cm³/mol. The summed E-state index contributed by atoms with van der Waals surface area (Å²) in [5.41, 5.74) is 6.41. The third-order valence-corrected chi connectivity index (χ3v) is 5.23. The summed E-state index contributed by atoms with van der Waals surface area (Å²) in [6.07, 6.45) is 2.84. The van der Waals surface area contributed by atoms with Crippen molar-refractivity contribution >= 4 is 50.6 Å². The number of nitrogens with zero attached hydrogens (tertiary/aromatic N) is 4. The number of carbonyl (C=O) groups excluding carboxylic acids is 1. The molecule has 2 aromatic heterocycles. The van der Waals surface area contributed by atoms with Crippen LogP contribution in [0.3, 0.4) is 0 Å². The molecule has 0 saturated carbocycles. The summed E-state index contributed by atoms with van der Waals surface area (Å²) in [4.78, 5) is 36.4. The number of nitro groups is 1. The van der Waals surface area contributed by atoms with Gasteiger partial charge in [-0.3, -0.25) is 30.7 Å². The number of hydrazine groups is 1. The van der Waals surface area contributed by atoms with Crippen LogP contribution in [0.5, 0.6) is 0 Å². The highest BCUT2D eigenvalue weighted by atomic mass is 16.6. The van der Waals surface area contributed by atoms with Crippen LogP contribution in [0, 0.1) is 10.1 Å². The number of fused-ring (bicyclic) bond motifs is 2. The van der Waals surface area contributed by atoms with Gasteiger partial charge in [-0.1, -0.05) is 42.5 Å². The van der Waals surface area contributed by atoms with Crippen LogP contribution in [-0.2, 0) is 0 Å². The second-order valence-electron chi connectivity index (χ2n) is 7.28. The number of hydrogen-bond donors (Lipinski definition) is 3. The van der Waals surface area contributed by atoms with E-state index < -0.39 is 16.5 Å². The van der Waals surface area contributed by atoms with E-state index in [0.29, 0.717) is 11.3 Å². The molecule has 0 aliphatic rings. The van der Waals surface area contributed by atoms with Gasteiger partial charge in [0.2, 0.25) is 11.6 Å². The fraction of sp³-hybridized carbons (Fsp3) is 0. The molecule has 0 bridgehead atoms. The van der Waals surface area contributed by atoms with Crippen LogP contribution < -0.4 is 16.2 Å². The van der Waals surface area contributed by atoms with Gasteiger partial charge in [-0.2, -0.15) is 0 Å². The first-order chi connectivity index (χ1) is 16.6. The smallest absolute Gasteiger partial charge is 0.334 e. The molecule has 0 aliphatic carbocycles. The monoisotopic (exact) mass is 451 g/mol. The molecule has 1 amide bonds. The van der Waals surface area contributed by atoms with Crippen molar-refractivity contribution in [3.8, 4) is 0 Å². The molecule has 3 N–H and O–H groups in total. The summed E-state index contributed by atoms with van der Waals surface area (Å²) >= 11 is 0. The number of hydrogen-bond acceptors (Lipinski definition) is 8. The van der Waals surface area contributed by atoms with Gasteiger partial charge in [-0.05, 0) is 41.1 Å². The predicted octanol–water partition coefficient (Wildman–Crippen LogP) is 4.59. The van der Waals surface area contributed by atoms with Gasteiger partial charge in [-0.25, -0.2) is 9.97 Å². The molecule has 0 atom stereocenters. The van der Waals surface area contributed by atoms with E-state index in [-0.39, 0.29) is 11.6 Å². The summed E-state index contributed by atoms with van der Waals surface area (Å²) < 4.78 is 0. The number of aromatic nitrogens is 3. The minimum atomic E-state index is -0.613. The van der Waals surface area contributed by atoms with Gasteiger partial charge < -0.3 is 5.32 Å². The van der Waals surface area contributed by atoms with Crippen molar-refractivity contribution in [3.05, 3.63) is 101 Å². The van der Waals surface area contributed by atoms with Crippen LogP contribution in [-0.4, -0.2) is 25.8 Å². The lowest BCUT2D eigenvalue weighted by molar-refractivity contribution is -0.383. The maximum Gasteiger partial charge on any atom is 0.355 e. The number of benzene rings is 3. The Morgan fingerprint density at radius 2 is 1.59 bits per heavy atom. The summed E-state index contributed by atoms with van der Waals surface area (Å²) in [6.45, 7) is 0. The molecule has 0 unspecified atom stereocenters. The fourth-order valence-electron chi connectivity index (χ4n) is 3.68. The Bertz CT molecular complexity index is 1540. The molecule has 5 rings (SSSR count). The molecule has 10 nitrogen and oxygen atoms in total. The minimum absolute atomic E-state index is 0.0294. The lowest BCUT2D eigenvalue weighted by Gasteiger charge is -2.12. The Hall–Kier alpha value is -5.12. The second-order valence-corrected chi connectivity index (χ2v) is 7.28. The van der Waals surface area contributed by atoms with Gasteiger partial charge in [0, 0.05) is 22.8 Å². The number of nitrogens with one attached hydrogen (secondary N) is 3. The third kappa shape index (κ3) is 3.91. The minimum Gasteiger partial charge on any atom is -0.334 e. The zero-order chi connectivity index (χ0) is 23.5. The molecule has 5 aromatic rings. The summed E-state index contributed by atoms with van der Waals surface area (Å²) in [5, 5.41) is 17.3. The van der Waals surface area contributed by atoms with E-state index in [1.165, 1.54) is 6.33 Å². The van der Waals surface area contributed by atoms with Gasteiger partial charge in [0.15, 0.2) is 0 Å². The van der Waals surface area contributed by atoms with Gasteiger partial charge in [-0.15, -0.1) is 0 Å². The van der Waals surface area contributed by atoms with Crippen molar-refractivity contribution in [1.82, 2.24) is 20.4 Å². The van der Waals surface area contributed by atoms with Crippen LogP contribution in [0.4, 0.5) is 23.0 Å². The van der Waals surface area contributed by atoms with E-state index in [1.54, 1.807) is 36.5 Å². The van der Waals surface area contributed by atoms with E-state index in [0.717, 1.165) is 21.7 Å². The summed E-state index contributed by atoms with van der Waals surface area (Å²) in [6, 6.07) is 21.8. The first-order valence-electron chi connectivity index (χ1n) is 10.3. The quantitative estimate of drug-likeness (QED) is 0.252. The number of rotatable bonds is 6. The Kier molecular flexibility index (Phi) is 5.37. The van der Waals surface area contributed by atoms with Crippen LogP contribution in [0.15, 0.2) is 85.3 Å². The lowest BCUT2D eigenvalue weighted by atomic mass is 10.0. The van der Waals surface area contributed by atoms with Crippen molar-refractivity contribution < 1.29 is 9.72 Å². The maximum atomic E-state index is 12.8. The number of pyridine rings is 1. The van der Waals surface area contributed by atoms with Crippen LogP contribution in [0.1, 0.15) is 10.4 Å². The van der Waals surface area contributed by atoms with Gasteiger partial charge in [0.1, 0.15) is 6.33 Å². The van der Waals surface area contributed by atoms with E-state index in [1.807, 2.05) is 42.5 Å². The molecule has 10 heteroatoms. The highest BCUT2D eigenvalue weighted by molar-refractivity contribution is 6.07. The largest absolute Gasteiger partial charge is 0.355 e. The molecule has 0 radical (unpaired) electrons. The molecule has 0 aliphatic heterocycles. The maximum absolute atomic E-state index is 12.8. The first kappa shape index (κ1) is 20.8. The summed E-state index contributed by atoms with van der Waals surface area (Å²) in [5.74, 6) is -0.646. The molecule has 2 heterocycles. The van der Waals surface area contributed by atoms with Gasteiger partial charge >= 0.3 is 5.69 Å². The van der Waals surface area contributed by atoms with Crippen molar-refractivity contribution in [1.29, 1.82) is 0 Å². The summed E-state index contributed by atoms with van der Waals surface area (Å²) in [7, 11) is 0. The zero-order valence-electron chi connectivity index (χ0n) is 17.6. The number of carbonyl (C=O) groups is 1. The van der Waals surface area contributed by atoms with E-state index in [2.05, 4.69) is 31.1 Å². The van der Waals surface area contributed by atoms with Crippen LogP contribution >= 0.6 is 0 Å². The lowest BCUT2D eigenvalue weighted by Crippen LogP contribution is -2.30. The number of anilines is 3. The first-order valence-corrected chi connectivity index (χ1v) is 10.3. The number of amides is 1. The molecule has 0 spiro atoms. The standard InChI is InChI=1S/C24H17N7O3/c32-24(17-9-3-7-15-6-1-2-8-16(15)17)30-29-23-21(31(33)34)22(26-14-27-23)28-20-12-4-11-19-18(20)10-5-13-25-19/h1-14H,(H,30,32)(H2,26,27,28,29). The molecular weight excluding hydrogens is 434 g/mol. The highest BCUT2D eigenvalue weighted by Gasteiger charge is 2.24. The van der Waals surface area contributed by atoms with Gasteiger partial charge in [0.05, 0.1) is 10.4 Å². The Morgan fingerprint density at radius 1 is 0.824 bits per heavy atom. The fourth-order valence-corrected chi connectivity index (χ4v) is 3.68. The molecule has 0 saturated heterocycles. The normalized spacial score (nSPS) is 10.7. The molecule has 166 valence electrons. The molecule has 3 aromatic carbocycles. The third-order valence-electron chi connectivity index (χ3n) is 5.23. The average Bonchev–Trinajstić information content (AvgIpc) is 2.87. The SMILES string of the molecule is O=C(NNc1ncnc(Nc2cccc3ncccc23)c1[N+](=O)[O-])c1cccc2ccccc12. The van der Waals surface area contributed by atoms with Crippen LogP contribution in [0.25, 0.3) is 21.7 Å². The topological polar surface area (TPSA) is 135 Å². The van der Waals surface area contributed by atoms with Crippen molar-refractivity contribution in [2.75, 3.05) is 10.7 Å².